The summed E-state index contributed by atoms with van der Waals surface area (Å²) in [4.78, 5) is 13.9. The van der Waals surface area contributed by atoms with Crippen LogP contribution in [-0.4, -0.2) is 47.7 Å². The van der Waals surface area contributed by atoms with Crippen LogP contribution in [0.15, 0.2) is 0 Å². The van der Waals surface area contributed by atoms with Crippen molar-refractivity contribution in [3.63, 3.8) is 0 Å². The van der Waals surface area contributed by atoms with Gasteiger partial charge in [-0.15, -0.1) is 0 Å². The zero-order valence-corrected chi connectivity index (χ0v) is 12.1. The molecule has 1 saturated carbocycles. The van der Waals surface area contributed by atoms with Gasteiger partial charge in [0.15, 0.2) is 0 Å². The first-order chi connectivity index (χ1) is 8.47. The molecule has 3 atom stereocenters. The van der Waals surface area contributed by atoms with Crippen molar-refractivity contribution in [2.24, 2.45) is 5.92 Å². The number of rotatable bonds is 5. The Bertz CT molecular complexity index is 269. The highest BCUT2D eigenvalue weighted by atomic mass is 16.3. The number of aliphatic hydroxyl groups excluding tert-OH is 1. The fourth-order valence-corrected chi connectivity index (χ4v) is 2.60. The molecule has 0 bridgehead atoms. The van der Waals surface area contributed by atoms with Gasteiger partial charge in [-0.25, -0.2) is 0 Å². The van der Waals surface area contributed by atoms with E-state index in [1.165, 1.54) is 12.8 Å². The van der Waals surface area contributed by atoms with Crippen molar-refractivity contribution in [1.29, 1.82) is 0 Å². The van der Waals surface area contributed by atoms with E-state index in [4.69, 9.17) is 0 Å². The van der Waals surface area contributed by atoms with Gasteiger partial charge in [-0.2, -0.15) is 0 Å². The Morgan fingerprint density at radius 1 is 1.33 bits per heavy atom. The Kier molecular flexibility index (Phi) is 6.09. The van der Waals surface area contributed by atoms with Gasteiger partial charge in [0.1, 0.15) is 0 Å². The number of nitrogens with zero attached hydrogens (tertiary/aromatic N) is 1. The van der Waals surface area contributed by atoms with E-state index in [9.17, 15) is 9.90 Å². The number of hydrogen-bond donors (Lipinski definition) is 2. The van der Waals surface area contributed by atoms with Gasteiger partial charge in [-0.1, -0.05) is 12.8 Å². The fraction of sp³-hybridized carbons (Fsp3) is 0.929. The highest BCUT2D eigenvalue weighted by Crippen LogP contribution is 2.24. The summed E-state index contributed by atoms with van der Waals surface area (Å²) in [7, 11) is 1.84. The molecule has 2 N–H and O–H groups in total. The average Bonchev–Trinajstić information content (AvgIpc) is 2.37. The smallest absolute Gasteiger partial charge is 0.239 e. The summed E-state index contributed by atoms with van der Waals surface area (Å²) in [5.74, 6) is 0.436. The van der Waals surface area contributed by atoms with E-state index >= 15 is 0 Å². The molecule has 0 heterocycles. The molecule has 0 saturated heterocycles. The predicted octanol–water partition coefficient (Wildman–Crippen LogP) is 1.38. The summed E-state index contributed by atoms with van der Waals surface area (Å²) in [5, 5.41) is 12.8. The Morgan fingerprint density at radius 3 is 2.50 bits per heavy atom. The second-order valence-electron chi connectivity index (χ2n) is 5.76. The highest BCUT2D eigenvalue weighted by molar-refractivity contribution is 5.81. The summed E-state index contributed by atoms with van der Waals surface area (Å²) in [6.07, 6.45) is 4.51. The van der Waals surface area contributed by atoms with Crippen LogP contribution in [0.25, 0.3) is 0 Å². The van der Waals surface area contributed by atoms with Crippen LogP contribution < -0.4 is 5.32 Å². The molecule has 0 aromatic carbocycles. The molecule has 0 aliphatic heterocycles. The monoisotopic (exact) mass is 256 g/mol. The summed E-state index contributed by atoms with van der Waals surface area (Å²) in [5.41, 5.74) is 0. The number of likely N-dealkylation sites (N-methyl/N-ethyl adjacent to an activating group) is 1. The molecule has 0 aromatic heterocycles. The normalized spacial score (nSPS) is 26.1. The van der Waals surface area contributed by atoms with Crippen LogP contribution in [0.3, 0.4) is 0 Å². The first-order valence-electron chi connectivity index (χ1n) is 7.11. The Hall–Kier alpha value is -0.610. The van der Waals surface area contributed by atoms with Crippen molar-refractivity contribution in [2.45, 2.75) is 64.6 Å². The highest BCUT2D eigenvalue weighted by Gasteiger charge is 2.28. The van der Waals surface area contributed by atoms with Crippen LogP contribution in [0.2, 0.25) is 0 Å². The molecule has 1 fully saturated rings. The molecule has 106 valence electrons. The van der Waals surface area contributed by atoms with Gasteiger partial charge in [-0.05, 0) is 39.5 Å². The maximum atomic E-state index is 12.2. The zero-order valence-electron chi connectivity index (χ0n) is 12.1. The van der Waals surface area contributed by atoms with Gasteiger partial charge < -0.3 is 15.3 Å². The van der Waals surface area contributed by atoms with Gasteiger partial charge >= 0.3 is 0 Å². The van der Waals surface area contributed by atoms with Gasteiger partial charge in [-0.3, -0.25) is 4.79 Å². The maximum Gasteiger partial charge on any atom is 0.239 e. The van der Waals surface area contributed by atoms with E-state index in [2.05, 4.69) is 5.32 Å². The molecular formula is C14H28N2O2. The molecule has 0 unspecified atom stereocenters. The van der Waals surface area contributed by atoms with Crippen LogP contribution in [0.5, 0.6) is 0 Å². The van der Waals surface area contributed by atoms with Crippen molar-refractivity contribution in [1.82, 2.24) is 10.2 Å². The number of nitrogens with one attached hydrogen (secondary N) is 1. The second kappa shape index (κ2) is 7.10. The minimum Gasteiger partial charge on any atom is -0.396 e. The second-order valence-corrected chi connectivity index (χ2v) is 5.76. The number of amides is 1. The molecule has 4 nitrogen and oxygen atoms in total. The van der Waals surface area contributed by atoms with E-state index in [0.717, 1.165) is 12.8 Å². The standard InChI is InChI=1S/C14H28N2O2/c1-10(2)16(4)14(18)11(3)15-13-8-6-5-7-12(13)9-17/h10-13,15,17H,5-9H2,1-4H3/t11-,12-,13-/m0/s1. The largest absolute Gasteiger partial charge is 0.396 e. The molecule has 4 heteroatoms. The number of carbonyl (C=O) groups is 1. The Balaban J connectivity index is 2.52. The molecule has 1 rings (SSSR count). The van der Waals surface area contributed by atoms with Gasteiger partial charge in [0.2, 0.25) is 5.91 Å². The molecule has 1 aliphatic carbocycles. The van der Waals surface area contributed by atoms with Crippen molar-refractivity contribution < 1.29 is 9.90 Å². The Labute approximate surface area is 111 Å². The summed E-state index contributed by atoms with van der Waals surface area (Å²) in [6.45, 7) is 6.17. The molecule has 0 aromatic rings. The number of carbonyl (C=O) groups excluding carboxylic acids is 1. The van der Waals surface area contributed by atoms with E-state index < -0.39 is 0 Å². The van der Waals surface area contributed by atoms with Gasteiger partial charge in [0, 0.05) is 25.7 Å². The molecule has 0 spiro atoms. The van der Waals surface area contributed by atoms with Gasteiger partial charge in [0.25, 0.3) is 0 Å². The molecule has 18 heavy (non-hydrogen) atoms. The van der Waals surface area contributed by atoms with E-state index in [1.54, 1.807) is 4.90 Å². The summed E-state index contributed by atoms with van der Waals surface area (Å²) >= 11 is 0. The third-order valence-electron chi connectivity index (χ3n) is 4.10. The maximum absolute atomic E-state index is 12.2. The molecule has 0 radical (unpaired) electrons. The lowest BCUT2D eigenvalue weighted by Gasteiger charge is -2.34. The summed E-state index contributed by atoms with van der Waals surface area (Å²) < 4.78 is 0. The Morgan fingerprint density at radius 2 is 1.94 bits per heavy atom. The lowest BCUT2D eigenvalue weighted by atomic mass is 9.84. The average molecular weight is 256 g/mol. The quantitative estimate of drug-likeness (QED) is 0.781. The predicted molar refractivity (Wildman–Crippen MR) is 73.3 cm³/mol. The van der Waals surface area contributed by atoms with Crippen molar-refractivity contribution in [3.8, 4) is 0 Å². The minimum atomic E-state index is -0.172. The molecule has 1 aliphatic rings. The van der Waals surface area contributed by atoms with Crippen LogP contribution in [-0.2, 0) is 4.79 Å². The third kappa shape index (κ3) is 3.95. The van der Waals surface area contributed by atoms with Crippen LogP contribution in [0, 0.1) is 5.92 Å². The third-order valence-corrected chi connectivity index (χ3v) is 4.10. The SMILES string of the molecule is CC(C)N(C)C(=O)[C@H](C)N[C@H]1CCCC[C@H]1CO. The van der Waals surface area contributed by atoms with Crippen molar-refractivity contribution >= 4 is 5.91 Å². The fourth-order valence-electron chi connectivity index (χ4n) is 2.60. The first kappa shape index (κ1) is 15.4. The van der Waals surface area contributed by atoms with Crippen molar-refractivity contribution in [2.75, 3.05) is 13.7 Å². The van der Waals surface area contributed by atoms with Crippen LogP contribution >= 0.6 is 0 Å². The van der Waals surface area contributed by atoms with E-state index in [1.807, 2.05) is 27.8 Å². The number of aliphatic hydroxyl groups is 1. The molecule has 1 amide bonds. The topological polar surface area (TPSA) is 52.6 Å². The lowest BCUT2D eigenvalue weighted by Crippen LogP contribution is -2.52. The lowest BCUT2D eigenvalue weighted by molar-refractivity contribution is -0.133. The van der Waals surface area contributed by atoms with Crippen molar-refractivity contribution in [3.05, 3.63) is 0 Å². The molecular weight excluding hydrogens is 228 g/mol. The zero-order chi connectivity index (χ0) is 13.7. The van der Waals surface area contributed by atoms with Crippen LogP contribution in [0.4, 0.5) is 0 Å². The first-order valence-corrected chi connectivity index (χ1v) is 7.11. The minimum absolute atomic E-state index is 0.132. The van der Waals surface area contributed by atoms with E-state index in [0.29, 0.717) is 5.92 Å². The van der Waals surface area contributed by atoms with E-state index in [-0.39, 0.29) is 30.6 Å². The number of hydrogen-bond acceptors (Lipinski definition) is 3. The van der Waals surface area contributed by atoms with Gasteiger partial charge in [0.05, 0.1) is 6.04 Å². The summed E-state index contributed by atoms with van der Waals surface area (Å²) in [6, 6.07) is 0.333. The van der Waals surface area contributed by atoms with Crippen LogP contribution in [0.1, 0.15) is 46.5 Å².